The Balaban J connectivity index is 1.39. The van der Waals surface area contributed by atoms with E-state index in [1.165, 1.54) is 0 Å². The Kier molecular flexibility index (Phi) is 6.23. The highest BCUT2D eigenvalue weighted by molar-refractivity contribution is 7.16. The van der Waals surface area contributed by atoms with E-state index in [4.69, 9.17) is 9.72 Å². The van der Waals surface area contributed by atoms with Gasteiger partial charge >= 0.3 is 0 Å². The van der Waals surface area contributed by atoms with Gasteiger partial charge in [-0.1, -0.05) is 0 Å². The number of thiazole rings is 1. The van der Waals surface area contributed by atoms with Crippen molar-refractivity contribution in [2.24, 2.45) is 0 Å². The third-order valence-electron chi connectivity index (χ3n) is 7.05. The minimum Gasteiger partial charge on any atom is -0.383 e. The lowest BCUT2D eigenvalue weighted by Crippen LogP contribution is -2.47. The minimum absolute atomic E-state index is 0.0711. The highest BCUT2D eigenvalue weighted by Gasteiger charge is 2.24. The monoisotopic (exact) mass is 515 g/mol. The number of piperazine rings is 1. The molecule has 0 atom stereocenters. The molecule has 4 heterocycles. The first-order valence-electron chi connectivity index (χ1n) is 12.4. The Morgan fingerprint density at radius 3 is 2.76 bits per heavy atom. The molecule has 1 aliphatic rings. The number of rotatable bonds is 6. The molecule has 0 spiro atoms. The summed E-state index contributed by atoms with van der Waals surface area (Å²) >= 11 is 1.62. The Morgan fingerprint density at radius 2 is 1.95 bits per heavy atom. The van der Waals surface area contributed by atoms with Crippen molar-refractivity contribution in [2.75, 3.05) is 46.9 Å². The molecular formula is C27H29N7O2S. The number of fused-ring (bicyclic) bond motifs is 2. The number of nitrogens with one attached hydrogen (secondary N) is 1. The predicted octanol–water partition coefficient (Wildman–Crippen LogP) is 4.05. The Bertz CT molecular complexity index is 1590. The number of hydrogen-bond acceptors (Lipinski definition) is 7. The van der Waals surface area contributed by atoms with Crippen LogP contribution in [0, 0.1) is 6.92 Å². The smallest absolute Gasteiger partial charge is 0.254 e. The molecule has 2 aromatic carbocycles. The number of methoxy groups -OCH3 is 1. The predicted molar refractivity (Wildman–Crippen MR) is 146 cm³/mol. The van der Waals surface area contributed by atoms with Gasteiger partial charge in [-0.25, -0.2) is 15.0 Å². The molecule has 1 N–H and O–H groups in total. The van der Waals surface area contributed by atoms with E-state index in [1.807, 2.05) is 35.7 Å². The summed E-state index contributed by atoms with van der Waals surface area (Å²) in [5, 5.41) is 0. The molecule has 6 rings (SSSR count). The van der Waals surface area contributed by atoms with Crippen molar-refractivity contribution in [2.45, 2.75) is 13.5 Å². The van der Waals surface area contributed by atoms with E-state index in [9.17, 15) is 4.79 Å². The van der Waals surface area contributed by atoms with Crippen LogP contribution >= 0.6 is 11.3 Å². The molecule has 0 saturated carbocycles. The van der Waals surface area contributed by atoms with E-state index in [-0.39, 0.29) is 5.91 Å². The van der Waals surface area contributed by atoms with Gasteiger partial charge in [0.05, 0.1) is 39.6 Å². The quantitative estimate of drug-likeness (QED) is 0.367. The molecule has 1 saturated heterocycles. The van der Waals surface area contributed by atoms with Gasteiger partial charge in [-0.3, -0.25) is 4.79 Å². The van der Waals surface area contributed by atoms with Crippen LogP contribution in [-0.2, 0) is 11.3 Å². The van der Waals surface area contributed by atoms with Crippen LogP contribution in [0.3, 0.4) is 0 Å². The molecule has 0 unspecified atom stereocenters. The normalized spacial score (nSPS) is 14.7. The zero-order chi connectivity index (χ0) is 25.5. The maximum atomic E-state index is 13.4. The molecule has 0 aliphatic carbocycles. The number of hydrogen-bond donors (Lipinski definition) is 1. The minimum atomic E-state index is 0.0711. The fourth-order valence-electron chi connectivity index (χ4n) is 4.89. The van der Waals surface area contributed by atoms with Gasteiger partial charge in [-0.05, 0) is 49.9 Å². The first kappa shape index (κ1) is 23.8. The Hall–Kier alpha value is -3.60. The van der Waals surface area contributed by atoms with E-state index in [0.717, 1.165) is 75.9 Å². The zero-order valence-corrected chi connectivity index (χ0v) is 22.0. The van der Waals surface area contributed by atoms with Crippen molar-refractivity contribution in [1.82, 2.24) is 34.3 Å². The standard InChI is InChI=1S/C27H29N7O2S/c1-17-12-23-20(14-19(17)27(35)33-8-6-32(2)7-9-33)31-26(34(23)10-11-36-3)22-15-28-25(30-22)18-4-5-24-21(13-18)29-16-37-24/h4-5,12-16H,6-11H2,1-3H3,(H,28,30). The number of amides is 1. The second-order valence-electron chi connectivity index (χ2n) is 9.51. The lowest BCUT2D eigenvalue weighted by Gasteiger charge is -2.32. The molecule has 9 nitrogen and oxygen atoms in total. The third-order valence-corrected chi connectivity index (χ3v) is 7.86. The number of aromatic amines is 1. The van der Waals surface area contributed by atoms with Gasteiger partial charge in [0.25, 0.3) is 5.91 Å². The van der Waals surface area contributed by atoms with E-state index >= 15 is 0 Å². The molecule has 1 amide bonds. The first-order valence-corrected chi connectivity index (χ1v) is 13.3. The summed E-state index contributed by atoms with van der Waals surface area (Å²) in [7, 11) is 3.78. The number of nitrogens with zero attached hydrogens (tertiary/aromatic N) is 6. The van der Waals surface area contributed by atoms with Gasteiger partial charge in [-0.2, -0.15) is 0 Å². The summed E-state index contributed by atoms with van der Waals surface area (Å²) in [5.74, 6) is 1.60. The van der Waals surface area contributed by atoms with Gasteiger partial charge in [0.15, 0.2) is 5.82 Å². The van der Waals surface area contributed by atoms with E-state index in [0.29, 0.717) is 18.7 Å². The van der Waals surface area contributed by atoms with Gasteiger partial charge < -0.3 is 24.1 Å². The molecular weight excluding hydrogens is 486 g/mol. The molecule has 3 aromatic heterocycles. The Morgan fingerprint density at radius 1 is 1.11 bits per heavy atom. The maximum Gasteiger partial charge on any atom is 0.254 e. The average molecular weight is 516 g/mol. The van der Waals surface area contributed by atoms with Crippen LogP contribution in [0.1, 0.15) is 15.9 Å². The molecule has 10 heteroatoms. The van der Waals surface area contributed by atoms with Crippen molar-refractivity contribution in [1.29, 1.82) is 0 Å². The fourth-order valence-corrected chi connectivity index (χ4v) is 5.55. The summed E-state index contributed by atoms with van der Waals surface area (Å²) in [4.78, 5) is 35.1. The van der Waals surface area contributed by atoms with Crippen LogP contribution in [0.4, 0.5) is 0 Å². The number of carbonyl (C=O) groups excluding carboxylic acids is 1. The number of imidazole rings is 2. The second-order valence-corrected chi connectivity index (χ2v) is 10.4. The van der Waals surface area contributed by atoms with Crippen LogP contribution in [0.15, 0.2) is 42.0 Å². The maximum absolute atomic E-state index is 13.4. The van der Waals surface area contributed by atoms with Crippen LogP contribution in [-0.4, -0.2) is 87.2 Å². The lowest BCUT2D eigenvalue weighted by atomic mass is 10.1. The number of carbonyl (C=O) groups is 1. The number of ether oxygens (including phenoxy) is 1. The summed E-state index contributed by atoms with van der Waals surface area (Å²) in [6, 6.07) is 10.2. The van der Waals surface area contributed by atoms with Crippen LogP contribution in [0.25, 0.3) is 44.2 Å². The number of likely N-dealkylation sites (N-methyl/N-ethyl adjacent to an activating group) is 1. The number of aromatic nitrogens is 5. The molecule has 0 radical (unpaired) electrons. The summed E-state index contributed by atoms with van der Waals surface area (Å²) in [5.41, 5.74) is 8.01. The van der Waals surface area contributed by atoms with E-state index in [1.54, 1.807) is 18.4 Å². The van der Waals surface area contributed by atoms with Crippen LogP contribution in [0.2, 0.25) is 0 Å². The van der Waals surface area contributed by atoms with Crippen LogP contribution < -0.4 is 0 Å². The molecule has 5 aromatic rings. The van der Waals surface area contributed by atoms with Gasteiger partial charge in [0, 0.05) is 51.0 Å². The topological polar surface area (TPSA) is 92.2 Å². The fraction of sp³-hybridized carbons (Fsp3) is 0.333. The molecule has 0 bridgehead atoms. The second kappa shape index (κ2) is 9.70. The molecule has 190 valence electrons. The zero-order valence-electron chi connectivity index (χ0n) is 21.2. The van der Waals surface area contributed by atoms with Gasteiger partial charge in [0.2, 0.25) is 0 Å². The Labute approximate surface area is 218 Å². The van der Waals surface area contributed by atoms with E-state index in [2.05, 4.69) is 49.7 Å². The van der Waals surface area contributed by atoms with Gasteiger partial charge in [-0.15, -0.1) is 11.3 Å². The first-order chi connectivity index (χ1) is 18.0. The van der Waals surface area contributed by atoms with Gasteiger partial charge in [0.1, 0.15) is 11.5 Å². The summed E-state index contributed by atoms with van der Waals surface area (Å²) in [6.45, 7) is 6.43. The summed E-state index contributed by atoms with van der Waals surface area (Å²) < 4.78 is 8.68. The van der Waals surface area contributed by atoms with E-state index < -0.39 is 0 Å². The lowest BCUT2D eigenvalue weighted by molar-refractivity contribution is 0.0663. The van der Waals surface area contributed by atoms with Crippen LogP contribution in [0.5, 0.6) is 0 Å². The third kappa shape index (κ3) is 4.41. The molecule has 37 heavy (non-hydrogen) atoms. The average Bonchev–Trinajstić information content (AvgIpc) is 3.65. The van der Waals surface area contributed by atoms with Crippen molar-refractivity contribution in [3.05, 3.63) is 53.2 Å². The number of aryl methyl sites for hydroxylation is 1. The van der Waals surface area contributed by atoms with Crippen molar-refractivity contribution in [3.63, 3.8) is 0 Å². The largest absolute Gasteiger partial charge is 0.383 e. The number of H-pyrrole nitrogens is 1. The highest BCUT2D eigenvalue weighted by atomic mass is 32.1. The number of benzene rings is 2. The molecule has 1 fully saturated rings. The summed E-state index contributed by atoms with van der Waals surface area (Å²) in [6.07, 6.45) is 1.81. The van der Waals surface area contributed by atoms with Crippen molar-refractivity contribution >= 4 is 38.5 Å². The van der Waals surface area contributed by atoms with Crippen molar-refractivity contribution < 1.29 is 9.53 Å². The van der Waals surface area contributed by atoms with Crippen molar-refractivity contribution in [3.8, 4) is 22.9 Å². The molecule has 1 aliphatic heterocycles. The highest BCUT2D eigenvalue weighted by Crippen LogP contribution is 2.30. The SMILES string of the molecule is COCCn1c(-c2cnc(-c3ccc4scnc4c3)[nH]2)nc2cc(C(=O)N3CCN(C)CC3)c(C)cc21.